The Balaban J connectivity index is -0.00000155. The van der Waals surface area contributed by atoms with Gasteiger partial charge in [-0.15, -0.1) is 0 Å². The van der Waals surface area contributed by atoms with E-state index in [1.54, 1.807) is 0 Å². The predicted octanol–water partition coefficient (Wildman–Crippen LogP) is 34.0. The van der Waals surface area contributed by atoms with Gasteiger partial charge in [0.1, 0.15) is 5.76 Å². The van der Waals surface area contributed by atoms with E-state index in [2.05, 4.69) is 496 Å². The summed E-state index contributed by atoms with van der Waals surface area (Å²) in [5.74, 6) is 4.23. The summed E-state index contributed by atoms with van der Waals surface area (Å²) in [5.41, 5.74) is 13.8. The van der Waals surface area contributed by atoms with Gasteiger partial charge in [-0.2, -0.15) is 46.7 Å². The first-order chi connectivity index (χ1) is 67.0. The van der Waals surface area contributed by atoms with Crippen molar-refractivity contribution in [3.8, 4) is 0 Å². The second-order valence-electron chi connectivity index (χ2n) is 57.0. The van der Waals surface area contributed by atoms with Gasteiger partial charge in [0.25, 0.3) is 0 Å². The van der Waals surface area contributed by atoms with Crippen molar-refractivity contribution in [2.24, 2.45) is 49.6 Å². The first-order valence-electron chi connectivity index (χ1n) is 55.8. The number of rotatable bonds is 4. The largest absolute Gasteiger partial charge is 0.416 e. The van der Waals surface area contributed by atoms with Crippen LogP contribution in [0.5, 0.6) is 0 Å². The maximum atomic E-state index is 12.2. The van der Waals surface area contributed by atoms with Crippen LogP contribution in [0.4, 0.5) is 26.3 Å². The molecule has 5 aliphatic heterocycles. The van der Waals surface area contributed by atoms with Gasteiger partial charge in [-0.1, -0.05) is 346 Å². The minimum absolute atomic E-state index is 0.0345. The Morgan fingerprint density at radius 3 is 0.953 bits per heavy atom. The van der Waals surface area contributed by atoms with Crippen molar-refractivity contribution in [3.05, 3.63) is 184 Å². The summed E-state index contributed by atoms with van der Waals surface area (Å²) in [6.45, 7) is 126. The molecule has 8 aromatic rings. The van der Waals surface area contributed by atoms with Crippen LogP contribution < -0.4 is 21.3 Å². The molecule has 149 heavy (non-hydrogen) atoms. The molecule has 864 valence electrons. The number of ether oxygens (including phenoxy) is 2. The number of aromatic nitrogens is 10. The van der Waals surface area contributed by atoms with Crippen LogP contribution in [0.3, 0.4) is 0 Å². The minimum atomic E-state index is -4.24. The van der Waals surface area contributed by atoms with E-state index in [4.69, 9.17) is 14.0 Å². The SMILES string of the molecule is CC(C)(C)OC1CNC1.CC(C)(C)c1cc(C(C)(C)C)on1.CC(C)(C)c1cc2n(n1)CCCC2.CC(C)(C)c1ccc(C(C)(C)C)cc1.CC(C)(C)c1ccc(C(F)(F)F)cc1.CC(C)(C)c1ccn(C(C)(C)C)n1.CC(C)(C)c1cnn(C(C)(C)C)c1.CC(C)C.CC(C)C.CC(C)C.CC(C)C.CC(C)OC1CNC1.CCC1CNC1.Cn1cc(C(C)(C)C)cn1.Cn1ccc(C(C)(C)C)c1.FC(F)(F)C1CCNCC1. The van der Waals surface area contributed by atoms with E-state index in [-0.39, 0.29) is 78.3 Å². The molecule has 0 saturated carbocycles. The van der Waals surface area contributed by atoms with E-state index < -0.39 is 23.8 Å². The first kappa shape index (κ1) is 146. The standard InChI is InChI=1S/C14H22.C11H13F3.C11H18N2.2C11H20N2.C11H19NO.C9H15N.C8H14N2.C7H15NO.C6H10F3N.C6H13NO.C5H11N.4C4H10/c1-13(2,3)11-7-9-12(10-8-11)14(4,5)6;1-10(2,3)8-4-6-9(7-5-8)11(12,13)14;1-11(2,3)10-8-9-6-4-5-7-13(9)12-10;1-10(2,3)9-7-12-13(8-9)11(4,5)6;1-10(2,3)9-7-8-13(12-9)11(4,5)6;1-10(2,3)8-7-9(13-12-8)11(4,5)6;1-9(2,3)8-5-6-10(4)7-8;1-8(2,3)7-5-9-10(4)6-7;1-7(2,3)9-6-4-8-5-6;7-6(8,9)5-1-3-10-4-2-5;1-5(2)8-6-3-7-4-6;1-2-5-3-6-4-5;4*1-4(2)3/h7-10H,1-6H3;4-7H,1-3H3;8H,4-7H2,1-3H3;2*7-8H,1-6H3;7H,1-6H3;5-7H,1-4H3;5-6H,1-4H3;6,8H,4-5H2,1-3H3;5,10H,1-4H2;5-7H,3-4H2,1-2H3;5-6H,2-4H2,1H3;4*4H,1-3H3. The van der Waals surface area contributed by atoms with Crippen LogP contribution in [-0.2, 0) is 108 Å². The van der Waals surface area contributed by atoms with Crippen LogP contribution in [0.15, 0.2) is 121 Å². The third-order valence-corrected chi connectivity index (χ3v) is 22.6. The Labute approximate surface area is 911 Å². The fourth-order valence-corrected chi connectivity index (χ4v) is 12.7. The van der Waals surface area contributed by atoms with Crippen LogP contribution in [0, 0.1) is 35.5 Å². The molecule has 4 fully saturated rings. The van der Waals surface area contributed by atoms with E-state index in [1.807, 2.05) is 54.3 Å². The molecule has 4 N–H and O–H groups in total. The Kier molecular flexibility index (Phi) is 63.4. The zero-order valence-corrected chi connectivity index (χ0v) is 106. The Hall–Kier alpha value is -6.89. The second kappa shape index (κ2) is 64.6. The van der Waals surface area contributed by atoms with E-state index in [0.717, 1.165) is 97.2 Å². The zero-order chi connectivity index (χ0) is 117. The highest BCUT2D eigenvalue weighted by molar-refractivity contribution is 5.32. The number of hydrogen-bond acceptors (Lipinski definition) is 12. The molecule has 0 unspecified atom stereocenters. The molecule has 0 radical (unpaired) electrons. The molecule has 0 atom stereocenters. The number of fused-ring (bicyclic) bond motifs is 1. The zero-order valence-electron chi connectivity index (χ0n) is 106. The number of nitrogens with zero attached hydrogens (tertiary/aromatic N) is 10. The summed E-state index contributed by atoms with van der Waals surface area (Å²) in [5, 5.41) is 34.2. The van der Waals surface area contributed by atoms with Gasteiger partial charge < -0.3 is 39.8 Å². The Morgan fingerprint density at radius 2 is 0.752 bits per heavy atom. The van der Waals surface area contributed by atoms with Gasteiger partial charge >= 0.3 is 12.4 Å². The Bertz CT molecular complexity index is 4240. The van der Waals surface area contributed by atoms with Gasteiger partial charge in [0.2, 0.25) is 0 Å². The molecule has 13 rings (SSSR count). The number of aryl methyl sites for hydroxylation is 4. The summed E-state index contributed by atoms with van der Waals surface area (Å²) in [4.78, 5) is 0. The van der Waals surface area contributed by atoms with Crippen molar-refractivity contribution in [1.82, 2.24) is 70.1 Å². The van der Waals surface area contributed by atoms with Gasteiger partial charge in [-0.05, 0) is 260 Å². The summed E-state index contributed by atoms with van der Waals surface area (Å²) >= 11 is 0. The fourth-order valence-electron chi connectivity index (χ4n) is 12.7. The van der Waals surface area contributed by atoms with E-state index in [9.17, 15) is 26.3 Å². The third-order valence-electron chi connectivity index (χ3n) is 22.6. The van der Waals surface area contributed by atoms with Crippen LogP contribution >= 0.6 is 0 Å². The maximum Gasteiger partial charge on any atom is 0.416 e. The van der Waals surface area contributed by atoms with Crippen molar-refractivity contribution in [1.29, 1.82) is 0 Å². The fraction of sp³-hybridized carbons (Fsp3) is 0.754. The average Bonchev–Trinajstić information content (AvgIpc) is 1.68. The first-order valence-corrected chi connectivity index (χ1v) is 55.8. The smallest absolute Gasteiger partial charge is 0.373 e. The number of benzene rings is 2. The van der Waals surface area contributed by atoms with E-state index in [0.29, 0.717) is 36.8 Å². The number of piperidine rings is 1. The van der Waals surface area contributed by atoms with Crippen molar-refractivity contribution in [3.63, 3.8) is 0 Å². The van der Waals surface area contributed by atoms with Crippen molar-refractivity contribution < 1.29 is 40.3 Å². The van der Waals surface area contributed by atoms with Crippen LogP contribution in [-0.4, -0.2) is 131 Å². The highest BCUT2D eigenvalue weighted by Crippen LogP contribution is 2.36. The molecule has 0 spiro atoms. The number of halogens is 6. The molecule has 5 aliphatic rings. The molecule has 11 heterocycles. The topological polar surface area (TPSA) is 169 Å². The number of nitrogens with one attached hydrogen (secondary N) is 4. The molecule has 0 aliphatic carbocycles. The highest BCUT2D eigenvalue weighted by atomic mass is 19.4. The molecule has 23 heteroatoms. The highest BCUT2D eigenvalue weighted by Gasteiger charge is 2.40. The van der Waals surface area contributed by atoms with Crippen molar-refractivity contribution in [2.75, 3.05) is 52.4 Å². The summed E-state index contributed by atoms with van der Waals surface area (Å²) in [6, 6.07) is 22.9. The molecule has 0 bridgehead atoms. The maximum absolute atomic E-state index is 12.2. The minimum Gasteiger partial charge on any atom is -0.373 e. The lowest BCUT2D eigenvalue weighted by Gasteiger charge is -2.33. The normalized spacial score (nSPS) is 15.0. The number of hydrogen-bond donors (Lipinski definition) is 4. The molecule has 4 saturated heterocycles. The van der Waals surface area contributed by atoms with E-state index in [1.165, 1.54) is 90.1 Å². The monoisotopic (exact) mass is 2100 g/mol. The van der Waals surface area contributed by atoms with Gasteiger partial charge in [-0.25, -0.2) is 0 Å². The van der Waals surface area contributed by atoms with Gasteiger partial charge in [0, 0.05) is 111 Å². The van der Waals surface area contributed by atoms with Gasteiger partial charge in [-0.3, -0.25) is 18.7 Å². The lowest BCUT2D eigenvalue weighted by molar-refractivity contribution is -0.180. The third kappa shape index (κ3) is 69.6. The number of alkyl halides is 6. The molecule has 0 amide bonds. The lowest BCUT2D eigenvalue weighted by Crippen LogP contribution is -2.51. The van der Waals surface area contributed by atoms with Crippen LogP contribution in [0.1, 0.15) is 473 Å². The molecular weight excluding hydrogens is 1870 g/mol. The lowest BCUT2D eigenvalue weighted by atomic mass is 9.82. The summed E-state index contributed by atoms with van der Waals surface area (Å²) in [7, 11) is 3.99. The molecular formula is C126H230F6N14O3. The molecule has 6 aromatic heterocycles. The second-order valence-corrected chi connectivity index (χ2v) is 57.0. The molecule has 2 aromatic carbocycles. The summed E-state index contributed by atoms with van der Waals surface area (Å²) < 4.78 is 98.9. The van der Waals surface area contributed by atoms with Gasteiger partial charge in [0.05, 0.1) is 75.9 Å². The predicted molar refractivity (Wildman–Crippen MR) is 630 cm³/mol. The average molecular weight is 2100 g/mol. The van der Waals surface area contributed by atoms with Crippen molar-refractivity contribution in [2.45, 2.75) is 520 Å². The molecule has 17 nitrogen and oxygen atoms in total. The quantitative estimate of drug-likeness (QED) is 0.123. The summed E-state index contributed by atoms with van der Waals surface area (Å²) in [6.07, 6.45) is 13.2. The van der Waals surface area contributed by atoms with Crippen molar-refractivity contribution >= 4 is 0 Å². The van der Waals surface area contributed by atoms with Gasteiger partial charge in [0.15, 0.2) is 0 Å². The van der Waals surface area contributed by atoms with E-state index >= 15 is 0 Å². The van der Waals surface area contributed by atoms with Crippen LogP contribution in [0.2, 0.25) is 0 Å². The van der Waals surface area contributed by atoms with Crippen LogP contribution in [0.25, 0.3) is 0 Å². The Morgan fingerprint density at radius 1 is 0.376 bits per heavy atom.